The quantitative estimate of drug-likeness (QED) is 0.769. The molecule has 0 unspecified atom stereocenters. The molecule has 0 saturated carbocycles. The molecule has 1 aliphatic heterocycles. The summed E-state index contributed by atoms with van der Waals surface area (Å²) in [5, 5.41) is 8.93. The first kappa shape index (κ1) is 11.6. The van der Waals surface area contributed by atoms with Crippen LogP contribution in [0.5, 0.6) is 0 Å². The zero-order valence-corrected chi connectivity index (χ0v) is 9.16. The topological polar surface area (TPSA) is 55.8 Å². The zero-order chi connectivity index (χ0) is 12.8. The molecule has 1 N–H and O–H groups in total. The molecule has 2 aliphatic rings. The van der Waals surface area contributed by atoms with Crippen LogP contribution in [-0.4, -0.2) is 17.4 Å². The van der Waals surface area contributed by atoms with E-state index in [2.05, 4.69) is 9.47 Å². The van der Waals surface area contributed by atoms with Gasteiger partial charge in [-0.2, -0.15) is 0 Å². The van der Waals surface area contributed by atoms with Crippen LogP contribution in [0.4, 0.5) is 8.78 Å². The maximum Gasteiger partial charge on any atom is 0.586 e. The Morgan fingerprint density at radius 1 is 1.24 bits per heavy atom. The molecule has 0 spiro atoms. The first-order chi connectivity index (χ1) is 7.69. The van der Waals surface area contributed by atoms with Crippen LogP contribution in [0.1, 0.15) is 13.8 Å². The fourth-order valence-electron chi connectivity index (χ4n) is 1.67. The van der Waals surface area contributed by atoms with Crippen LogP contribution in [0.25, 0.3) is 0 Å². The SMILES string of the molecule is CC1(C)C=C(C(=O)O)C=C2OC(F)(F)OC2=C1. The van der Waals surface area contributed by atoms with Crippen molar-refractivity contribution in [2.24, 2.45) is 5.41 Å². The second kappa shape index (κ2) is 3.32. The first-order valence-corrected chi connectivity index (χ1v) is 4.85. The molecule has 17 heavy (non-hydrogen) atoms. The molecule has 6 heteroatoms. The van der Waals surface area contributed by atoms with Gasteiger partial charge in [0.05, 0.1) is 5.57 Å². The van der Waals surface area contributed by atoms with Crippen molar-refractivity contribution in [3.05, 3.63) is 35.3 Å². The van der Waals surface area contributed by atoms with Crippen LogP contribution in [0, 0.1) is 5.41 Å². The standard InChI is InChI=1S/C11H10F2O4/c1-10(2)4-6(9(14)15)3-7-8(5-10)17-11(12,13)16-7/h3-5H,1-2H3,(H,14,15). The monoisotopic (exact) mass is 244 g/mol. The molecule has 0 atom stereocenters. The Morgan fingerprint density at radius 2 is 1.82 bits per heavy atom. The lowest BCUT2D eigenvalue weighted by Crippen LogP contribution is -2.15. The van der Waals surface area contributed by atoms with Gasteiger partial charge in [-0.15, -0.1) is 8.78 Å². The number of fused-ring (bicyclic) bond motifs is 1. The van der Waals surface area contributed by atoms with Crippen molar-refractivity contribution in [1.82, 2.24) is 0 Å². The molecule has 1 heterocycles. The van der Waals surface area contributed by atoms with Crippen molar-refractivity contribution in [2.75, 3.05) is 0 Å². The second-order valence-corrected chi connectivity index (χ2v) is 4.41. The third-order valence-electron chi connectivity index (χ3n) is 2.26. The summed E-state index contributed by atoms with van der Waals surface area (Å²) in [6.07, 6.45) is 0.132. The van der Waals surface area contributed by atoms with Crippen LogP contribution < -0.4 is 0 Å². The second-order valence-electron chi connectivity index (χ2n) is 4.41. The molecule has 4 nitrogen and oxygen atoms in total. The van der Waals surface area contributed by atoms with Gasteiger partial charge in [0.25, 0.3) is 0 Å². The number of carboxylic acids is 1. The maximum atomic E-state index is 12.9. The highest BCUT2D eigenvalue weighted by Crippen LogP contribution is 2.41. The van der Waals surface area contributed by atoms with Crippen molar-refractivity contribution in [2.45, 2.75) is 20.1 Å². The van der Waals surface area contributed by atoms with E-state index in [-0.39, 0.29) is 17.1 Å². The van der Waals surface area contributed by atoms with Gasteiger partial charge in [-0.3, -0.25) is 0 Å². The fraction of sp³-hybridized carbons (Fsp3) is 0.364. The Hall–Kier alpha value is -1.85. The highest BCUT2D eigenvalue weighted by atomic mass is 19.3. The molecular weight excluding hydrogens is 234 g/mol. The van der Waals surface area contributed by atoms with Gasteiger partial charge in [0.1, 0.15) is 0 Å². The molecule has 0 radical (unpaired) electrons. The van der Waals surface area contributed by atoms with Crippen molar-refractivity contribution in [3.8, 4) is 0 Å². The van der Waals surface area contributed by atoms with Gasteiger partial charge in [-0.25, -0.2) is 4.79 Å². The molecule has 1 fully saturated rings. The Morgan fingerprint density at radius 3 is 2.41 bits per heavy atom. The summed E-state index contributed by atoms with van der Waals surface area (Å²) in [6, 6.07) is 0. The van der Waals surface area contributed by atoms with Gasteiger partial charge < -0.3 is 14.6 Å². The van der Waals surface area contributed by atoms with Gasteiger partial charge in [-0.1, -0.05) is 19.9 Å². The summed E-state index contributed by atoms with van der Waals surface area (Å²) >= 11 is 0. The molecule has 0 bridgehead atoms. The van der Waals surface area contributed by atoms with E-state index in [1.165, 1.54) is 12.2 Å². The number of hydrogen-bond acceptors (Lipinski definition) is 3. The zero-order valence-electron chi connectivity index (χ0n) is 9.16. The van der Waals surface area contributed by atoms with Crippen LogP contribution in [-0.2, 0) is 14.3 Å². The summed E-state index contributed by atoms with van der Waals surface area (Å²) in [6.45, 7) is 3.36. The average Bonchev–Trinajstić information content (AvgIpc) is 2.30. The third-order valence-corrected chi connectivity index (χ3v) is 2.26. The predicted octanol–water partition coefficient (Wildman–Crippen LogP) is 2.40. The number of ether oxygens (including phenoxy) is 2. The molecule has 0 aromatic heterocycles. The summed E-state index contributed by atoms with van der Waals surface area (Å²) in [5.41, 5.74) is -0.831. The van der Waals surface area contributed by atoms with E-state index in [1.54, 1.807) is 13.8 Å². The molecule has 1 aliphatic carbocycles. The van der Waals surface area contributed by atoms with E-state index in [4.69, 9.17) is 5.11 Å². The number of allylic oxidation sites excluding steroid dienone is 2. The molecular formula is C11H10F2O4. The highest BCUT2D eigenvalue weighted by Gasteiger charge is 2.47. The number of carbonyl (C=O) groups is 1. The van der Waals surface area contributed by atoms with Crippen molar-refractivity contribution in [1.29, 1.82) is 0 Å². The van der Waals surface area contributed by atoms with E-state index < -0.39 is 17.7 Å². The van der Waals surface area contributed by atoms with E-state index in [0.717, 1.165) is 6.08 Å². The predicted molar refractivity (Wildman–Crippen MR) is 52.8 cm³/mol. The number of aliphatic carboxylic acids is 1. The molecule has 0 amide bonds. The highest BCUT2D eigenvalue weighted by molar-refractivity contribution is 5.90. The molecule has 1 saturated heterocycles. The van der Waals surface area contributed by atoms with E-state index in [0.29, 0.717) is 0 Å². The van der Waals surface area contributed by atoms with E-state index in [1.807, 2.05) is 0 Å². The Bertz CT molecular complexity index is 472. The lowest BCUT2D eigenvalue weighted by molar-refractivity contribution is -0.326. The molecule has 2 rings (SSSR count). The molecule has 0 aromatic rings. The minimum atomic E-state index is -3.74. The van der Waals surface area contributed by atoms with Crippen LogP contribution in [0.15, 0.2) is 35.3 Å². The largest absolute Gasteiger partial charge is 0.586 e. The van der Waals surface area contributed by atoms with Crippen molar-refractivity contribution >= 4 is 5.97 Å². The number of rotatable bonds is 1. The minimum Gasteiger partial charge on any atom is -0.478 e. The van der Waals surface area contributed by atoms with Crippen molar-refractivity contribution < 1.29 is 28.2 Å². The van der Waals surface area contributed by atoms with E-state index >= 15 is 0 Å². The van der Waals surface area contributed by atoms with Gasteiger partial charge in [-0.05, 0) is 12.2 Å². The number of halogens is 2. The Kier molecular flexibility index (Phi) is 2.27. The lowest BCUT2D eigenvalue weighted by Gasteiger charge is -2.15. The molecule has 0 aromatic carbocycles. The summed E-state index contributed by atoms with van der Waals surface area (Å²) in [7, 11) is 0. The number of hydrogen-bond donors (Lipinski definition) is 1. The van der Waals surface area contributed by atoms with Gasteiger partial charge >= 0.3 is 12.3 Å². The fourth-order valence-corrected chi connectivity index (χ4v) is 1.67. The number of carboxylic acid groups (broad SMARTS) is 1. The maximum absolute atomic E-state index is 12.9. The van der Waals surface area contributed by atoms with Crippen LogP contribution in [0.3, 0.4) is 0 Å². The van der Waals surface area contributed by atoms with Crippen molar-refractivity contribution in [3.63, 3.8) is 0 Å². The van der Waals surface area contributed by atoms with Crippen LogP contribution >= 0.6 is 0 Å². The number of alkyl halides is 2. The van der Waals surface area contributed by atoms with Gasteiger partial charge in [0.15, 0.2) is 11.5 Å². The third kappa shape index (κ3) is 2.30. The van der Waals surface area contributed by atoms with Crippen LogP contribution in [0.2, 0.25) is 0 Å². The Labute approximate surface area is 95.8 Å². The molecule has 92 valence electrons. The Balaban J connectivity index is 2.50. The lowest BCUT2D eigenvalue weighted by atomic mass is 9.91. The van der Waals surface area contributed by atoms with Gasteiger partial charge in [0, 0.05) is 5.41 Å². The smallest absolute Gasteiger partial charge is 0.478 e. The summed E-state index contributed by atoms with van der Waals surface area (Å²) < 4.78 is 34.3. The normalized spacial score (nSPS) is 24.4. The first-order valence-electron chi connectivity index (χ1n) is 4.85. The van der Waals surface area contributed by atoms with E-state index in [9.17, 15) is 13.6 Å². The minimum absolute atomic E-state index is 0.113. The average molecular weight is 244 g/mol. The summed E-state index contributed by atoms with van der Waals surface area (Å²) in [4.78, 5) is 10.9. The van der Waals surface area contributed by atoms with Gasteiger partial charge in [0.2, 0.25) is 0 Å². The summed E-state index contributed by atoms with van der Waals surface area (Å²) in [5.74, 6) is -1.62.